The number of nitro benzene ring substituents is 1. The zero-order valence-electron chi connectivity index (χ0n) is 16.2. The van der Waals surface area contributed by atoms with E-state index in [4.69, 9.17) is 9.47 Å². The van der Waals surface area contributed by atoms with Gasteiger partial charge >= 0.3 is 5.97 Å². The number of nitro groups is 1. The van der Waals surface area contributed by atoms with E-state index in [1.807, 2.05) is 0 Å². The second-order valence-electron chi connectivity index (χ2n) is 6.87. The van der Waals surface area contributed by atoms with Crippen molar-refractivity contribution in [2.45, 2.75) is 33.1 Å². The van der Waals surface area contributed by atoms with Gasteiger partial charge in [-0.15, -0.1) is 11.3 Å². The maximum Gasteiger partial charge on any atom is 0.341 e. The molecule has 1 amide bonds. The van der Waals surface area contributed by atoms with Crippen molar-refractivity contribution in [3.63, 3.8) is 0 Å². The van der Waals surface area contributed by atoms with Crippen molar-refractivity contribution in [1.29, 1.82) is 0 Å². The summed E-state index contributed by atoms with van der Waals surface area (Å²) < 4.78 is 10.6. The van der Waals surface area contributed by atoms with Crippen molar-refractivity contribution in [2.24, 2.45) is 5.92 Å². The van der Waals surface area contributed by atoms with Gasteiger partial charge in [0.1, 0.15) is 10.8 Å². The average molecular weight is 418 g/mol. The zero-order valence-corrected chi connectivity index (χ0v) is 17.0. The molecular weight excluding hydrogens is 396 g/mol. The highest BCUT2D eigenvalue weighted by molar-refractivity contribution is 7.17. The number of rotatable bonds is 7. The van der Waals surface area contributed by atoms with Gasteiger partial charge in [-0.25, -0.2) is 4.79 Å². The topological polar surface area (TPSA) is 108 Å². The summed E-state index contributed by atoms with van der Waals surface area (Å²) in [5, 5.41) is 14.1. The van der Waals surface area contributed by atoms with E-state index in [2.05, 4.69) is 12.2 Å². The van der Waals surface area contributed by atoms with Crippen LogP contribution in [-0.4, -0.2) is 30.0 Å². The predicted octanol–water partition coefficient (Wildman–Crippen LogP) is 3.98. The zero-order chi connectivity index (χ0) is 21.0. The molecule has 1 atom stereocenters. The Morgan fingerprint density at radius 1 is 1.38 bits per heavy atom. The number of carbonyl (C=O) groups excluding carboxylic acids is 2. The molecule has 1 N–H and O–H groups in total. The quantitative estimate of drug-likeness (QED) is 0.414. The Bertz CT molecular complexity index is 939. The van der Waals surface area contributed by atoms with Crippen molar-refractivity contribution in [1.82, 2.24) is 0 Å². The van der Waals surface area contributed by atoms with Gasteiger partial charge in [-0.05, 0) is 43.7 Å². The van der Waals surface area contributed by atoms with Gasteiger partial charge in [0, 0.05) is 10.9 Å². The number of non-ortho nitro benzene ring substituents is 1. The fourth-order valence-electron chi connectivity index (χ4n) is 3.26. The van der Waals surface area contributed by atoms with Gasteiger partial charge in [0.25, 0.3) is 11.6 Å². The van der Waals surface area contributed by atoms with Gasteiger partial charge in [0.15, 0.2) is 6.61 Å². The first-order valence-electron chi connectivity index (χ1n) is 9.37. The maximum atomic E-state index is 12.5. The molecule has 1 heterocycles. The smallest absolute Gasteiger partial charge is 0.341 e. The molecule has 1 aromatic carbocycles. The number of ether oxygens (including phenoxy) is 2. The molecule has 1 aliphatic rings. The first kappa shape index (κ1) is 20.8. The van der Waals surface area contributed by atoms with Crippen LogP contribution in [0.25, 0.3) is 0 Å². The van der Waals surface area contributed by atoms with Crippen molar-refractivity contribution < 1.29 is 24.0 Å². The number of esters is 1. The number of thiophene rings is 1. The molecule has 1 unspecified atom stereocenters. The van der Waals surface area contributed by atoms with E-state index < -0.39 is 16.8 Å². The third-order valence-electron chi connectivity index (χ3n) is 4.64. The molecule has 0 spiro atoms. The molecule has 0 radical (unpaired) electrons. The third-order valence-corrected chi connectivity index (χ3v) is 5.81. The van der Waals surface area contributed by atoms with Gasteiger partial charge in [-0.3, -0.25) is 14.9 Å². The number of nitrogens with zero attached hydrogens (tertiary/aromatic N) is 1. The van der Waals surface area contributed by atoms with Crippen molar-refractivity contribution >= 4 is 33.9 Å². The molecule has 1 aliphatic carbocycles. The Morgan fingerprint density at radius 3 is 2.90 bits per heavy atom. The number of amides is 1. The summed E-state index contributed by atoms with van der Waals surface area (Å²) in [5.74, 6) is -0.139. The maximum absolute atomic E-state index is 12.5. The minimum atomic E-state index is -0.532. The van der Waals surface area contributed by atoms with E-state index in [-0.39, 0.29) is 24.7 Å². The Morgan fingerprint density at radius 2 is 2.17 bits per heavy atom. The monoisotopic (exact) mass is 418 g/mol. The summed E-state index contributed by atoms with van der Waals surface area (Å²) in [6.45, 7) is 3.83. The van der Waals surface area contributed by atoms with Gasteiger partial charge in [-0.2, -0.15) is 0 Å². The number of fused-ring (bicyclic) bond motifs is 1. The van der Waals surface area contributed by atoms with Gasteiger partial charge < -0.3 is 14.8 Å². The largest absolute Gasteiger partial charge is 0.484 e. The summed E-state index contributed by atoms with van der Waals surface area (Å²) in [4.78, 5) is 36.3. The summed E-state index contributed by atoms with van der Waals surface area (Å²) >= 11 is 1.40. The molecule has 3 rings (SSSR count). The van der Waals surface area contributed by atoms with Crippen LogP contribution >= 0.6 is 11.3 Å². The van der Waals surface area contributed by atoms with Gasteiger partial charge in [-0.1, -0.05) is 13.0 Å². The van der Waals surface area contributed by atoms with Crippen LogP contribution < -0.4 is 10.1 Å². The molecule has 1 aromatic heterocycles. The van der Waals surface area contributed by atoms with E-state index in [1.54, 1.807) is 6.92 Å². The van der Waals surface area contributed by atoms with E-state index in [0.29, 0.717) is 16.5 Å². The Balaban J connectivity index is 1.73. The van der Waals surface area contributed by atoms with E-state index >= 15 is 0 Å². The highest BCUT2D eigenvalue weighted by Gasteiger charge is 2.29. The number of anilines is 1. The Labute approximate surface area is 172 Å². The summed E-state index contributed by atoms with van der Waals surface area (Å²) in [5.41, 5.74) is 1.27. The Kier molecular flexibility index (Phi) is 6.48. The predicted molar refractivity (Wildman–Crippen MR) is 109 cm³/mol. The number of nitrogens with one attached hydrogen (secondary N) is 1. The molecule has 29 heavy (non-hydrogen) atoms. The van der Waals surface area contributed by atoms with Crippen LogP contribution in [0.3, 0.4) is 0 Å². The SMILES string of the molecule is CCOC(=O)c1c(NC(=O)COc2cccc([N+](=O)[O-])c2)sc2c1CCC(C)C2. The first-order chi connectivity index (χ1) is 13.9. The fourth-order valence-corrected chi connectivity index (χ4v) is 4.67. The number of hydrogen-bond donors (Lipinski definition) is 1. The standard InChI is InChI=1S/C20H22N2O6S/c1-3-27-20(24)18-15-8-7-12(2)9-16(15)29-19(18)21-17(23)11-28-14-6-4-5-13(10-14)22(25)26/h4-6,10,12H,3,7-9,11H2,1-2H3,(H,21,23). The van der Waals surface area contributed by atoms with Crippen LogP contribution in [0.15, 0.2) is 24.3 Å². The average Bonchev–Trinajstić information content (AvgIpc) is 3.03. The number of benzene rings is 1. The highest BCUT2D eigenvalue weighted by atomic mass is 32.1. The summed E-state index contributed by atoms with van der Waals surface area (Å²) in [7, 11) is 0. The highest BCUT2D eigenvalue weighted by Crippen LogP contribution is 2.40. The third kappa shape index (κ3) is 4.92. The lowest BCUT2D eigenvalue weighted by Gasteiger charge is -2.18. The second kappa shape index (κ2) is 9.04. The van der Waals surface area contributed by atoms with Crippen molar-refractivity contribution in [3.05, 3.63) is 50.4 Å². The molecule has 0 saturated carbocycles. The lowest BCUT2D eigenvalue weighted by atomic mass is 9.88. The lowest BCUT2D eigenvalue weighted by molar-refractivity contribution is -0.384. The van der Waals surface area contributed by atoms with Gasteiger partial charge in [0.2, 0.25) is 0 Å². The minimum absolute atomic E-state index is 0.118. The molecule has 0 aliphatic heterocycles. The molecular formula is C20H22N2O6S. The molecule has 0 fully saturated rings. The summed E-state index contributed by atoms with van der Waals surface area (Å²) in [6.07, 6.45) is 2.63. The van der Waals surface area contributed by atoms with Crippen LogP contribution in [0.5, 0.6) is 5.75 Å². The number of hydrogen-bond acceptors (Lipinski definition) is 7. The normalized spacial score (nSPS) is 15.3. The van der Waals surface area contributed by atoms with Crippen molar-refractivity contribution in [3.8, 4) is 5.75 Å². The first-order valence-corrected chi connectivity index (χ1v) is 10.2. The fraction of sp³-hybridized carbons (Fsp3) is 0.400. The second-order valence-corrected chi connectivity index (χ2v) is 7.97. The van der Waals surface area contributed by atoms with Crippen LogP contribution in [0.4, 0.5) is 10.7 Å². The van der Waals surface area contributed by atoms with Crippen LogP contribution in [0.2, 0.25) is 0 Å². The summed E-state index contributed by atoms with van der Waals surface area (Å²) in [6, 6.07) is 5.62. The molecule has 0 saturated heterocycles. The van der Waals surface area contributed by atoms with Crippen LogP contribution in [-0.2, 0) is 22.4 Å². The van der Waals surface area contributed by atoms with Crippen LogP contribution in [0.1, 0.15) is 41.1 Å². The van der Waals surface area contributed by atoms with E-state index in [0.717, 1.165) is 29.7 Å². The molecule has 9 heteroatoms. The molecule has 2 aromatic rings. The minimum Gasteiger partial charge on any atom is -0.484 e. The molecule has 8 nitrogen and oxygen atoms in total. The molecule has 154 valence electrons. The van der Waals surface area contributed by atoms with Crippen molar-refractivity contribution in [2.75, 3.05) is 18.5 Å². The van der Waals surface area contributed by atoms with Gasteiger partial charge in [0.05, 0.1) is 23.2 Å². The number of carbonyl (C=O) groups is 2. The van der Waals surface area contributed by atoms with Crippen LogP contribution in [0, 0.1) is 16.0 Å². The lowest BCUT2D eigenvalue weighted by Crippen LogP contribution is -2.21. The molecule has 0 bridgehead atoms. The Hall–Kier alpha value is -2.94. The van der Waals surface area contributed by atoms with E-state index in [9.17, 15) is 19.7 Å². The van der Waals surface area contributed by atoms with E-state index in [1.165, 1.54) is 35.6 Å².